The van der Waals surface area contributed by atoms with Gasteiger partial charge in [-0.1, -0.05) is 24.6 Å². The first kappa shape index (κ1) is 15.2. The molecule has 0 spiro atoms. The van der Waals surface area contributed by atoms with Crippen LogP contribution in [0.3, 0.4) is 0 Å². The third-order valence-electron chi connectivity index (χ3n) is 4.86. The molecule has 0 saturated heterocycles. The average Bonchev–Trinajstić information content (AvgIpc) is 2.98. The Morgan fingerprint density at radius 1 is 1.12 bits per heavy atom. The third-order valence-corrected chi connectivity index (χ3v) is 4.86. The molecule has 1 heterocycles. The minimum absolute atomic E-state index is 0.122. The third kappa shape index (κ3) is 2.77. The molecule has 1 aliphatic rings. The van der Waals surface area contributed by atoms with Crippen LogP contribution in [0, 0.1) is 5.82 Å². The molecule has 0 unspecified atom stereocenters. The van der Waals surface area contributed by atoms with Crippen LogP contribution >= 0.6 is 0 Å². The van der Waals surface area contributed by atoms with Gasteiger partial charge in [-0.05, 0) is 49.4 Å². The van der Waals surface area contributed by atoms with E-state index in [0.29, 0.717) is 5.75 Å². The lowest BCUT2D eigenvalue weighted by Crippen LogP contribution is -2.20. The van der Waals surface area contributed by atoms with Crippen LogP contribution in [0.25, 0.3) is 22.0 Å². The molecule has 3 aromatic rings. The highest BCUT2D eigenvalue weighted by Crippen LogP contribution is 2.36. The molecule has 3 nitrogen and oxygen atoms in total. The number of hydrogen-bond donors (Lipinski definition) is 0. The second-order valence-corrected chi connectivity index (χ2v) is 6.54. The molecule has 4 rings (SSSR count). The van der Waals surface area contributed by atoms with Crippen LogP contribution in [0.15, 0.2) is 42.6 Å². The molecular formula is C20H21FN2O. The van der Waals surface area contributed by atoms with E-state index in [2.05, 4.69) is 5.10 Å². The lowest BCUT2D eigenvalue weighted by atomic mass is 9.97. The monoisotopic (exact) mass is 324 g/mol. The number of fused-ring (bicyclic) bond motifs is 1. The van der Waals surface area contributed by atoms with Gasteiger partial charge in [0, 0.05) is 18.0 Å². The predicted octanol–water partition coefficient (Wildman–Crippen LogP) is 5.09. The smallest absolute Gasteiger partial charge is 0.165 e. The van der Waals surface area contributed by atoms with E-state index in [9.17, 15) is 4.39 Å². The Labute approximate surface area is 141 Å². The Balaban J connectivity index is 1.74. The van der Waals surface area contributed by atoms with Gasteiger partial charge < -0.3 is 4.74 Å². The van der Waals surface area contributed by atoms with Crippen molar-refractivity contribution in [3.05, 3.63) is 48.4 Å². The van der Waals surface area contributed by atoms with Gasteiger partial charge in [0.1, 0.15) is 0 Å². The lowest BCUT2D eigenvalue weighted by molar-refractivity contribution is 0.149. The standard InChI is InChI=1S/C20H21FN2O/c1-23-19-11-10-14(12-15(19)13-22-23)17-8-5-9-18(21)20(17)24-16-6-3-2-4-7-16/h5,8-13,16H,2-4,6-7H2,1H3. The van der Waals surface area contributed by atoms with Crippen LogP contribution in [0.5, 0.6) is 5.75 Å². The predicted molar refractivity (Wildman–Crippen MR) is 93.6 cm³/mol. The molecule has 0 atom stereocenters. The van der Waals surface area contributed by atoms with E-state index in [4.69, 9.17) is 4.74 Å². The van der Waals surface area contributed by atoms with Gasteiger partial charge in [0.2, 0.25) is 0 Å². The first-order valence-corrected chi connectivity index (χ1v) is 8.60. The fourth-order valence-corrected chi connectivity index (χ4v) is 3.54. The van der Waals surface area contributed by atoms with Gasteiger partial charge in [-0.15, -0.1) is 0 Å². The molecule has 1 saturated carbocycles. The maximum atomic E-state index is 14.5. The molecule has 0 radical (unpaired) electrons. The summed E-state index contributed by atoms with van der Waals surface area (Å²) in [6.07, 6.45) is 7.55. The fraction of sp³-hybridized carbons (Fsp3) is 0.350. The zero-order valence-electron chi connectivity index (χ0n) is 13.8. The molecule has 1 aliphatic carbocycles. The van der Waals surface area contributed by atoms with Crippen molar-refractivity contribution < 1.29 is 9.13 Å². The van der Waals surface area contributed by atoms with Gasteiger partial charge in [-0.25, -0.2) is 4.39 Å². The summed E-state index contributed by atoms with van der Waals surface area (Å²) in [4.78, 5) is 0. The molecule has 24 heavy (non-hydrogen) atoms. The maximum absolute atomic E-state index is 14.5. The van der Waals surface area contributed by atoms with Crippen LogP contribution < -0.4 is 4.74 Å². The first-order valence-electron chi connectivity index (χ1n) is 8.60. The van der Waals surface area contributed by atoms with E-state index in [0.717, 1.165) is 47.7 Å². The molecule has 1 fully saturated rings. The fourth-order valence-electron chi connectivity index (χ4n) is 3.54. The van der Waals surface area contributed by atoms with Crippen molar-refractivity contribution in [3.8, 4) is 16.9 Å². The van der Waals surface area contributed by atoms with Crippen molar-refractivity contribution in [3.63, 3.8) is 0 Å². The number of benzene rings is 2. The van der Waals surface area contributed by atoms with Crippen LogP contribution in [0.1, 0.15) is 32.1 Å². The van der Waals surface area contributed by atoms with Gasteiger partial charge in [0.15, 0.2) is 11.6 Å². The number of aromatic nitrogens is 2. The highest BCUT2D eigenvalue weighted by atomic mass is 19.1. The topological polar surface area (TPSA) is 27.1 Å². The van der Waals surface area contributed by atoms with Crippen molar-refractivity contribution in [2.45, 2.75) is 38.2 Å². The second kappa shape index (κ2) is 6.27. The summed E-state index contributed by atoms with van der Waals surface area (Å²) >= 11 is 0. The highest BCUT2D eigenvalue weighted by molar-refractivity contribution is 5.85. The molecule has 0 aliphatic heterocycles. The Morgan fingerprint density at radius 2 is 1.96 bits per heavy atom. The van der Waals surface area contributed by atoms with Gasteiger partial charge in [0.25, 0.3) is 0 Å². The normalized spacial score (nSPS) is 15.8. The minimum atomic E-state index is -0.288. The van der Waals surface area contributed by atoms with Crippen molar-refractivity contribution >= 4 is 10.9 Å². The number of halogens is 1. The van der Waals surface area contributed by atoms with E-state index in [1.165, 1.54) is 12.5 Å². The molecule has 124 valence electrons. The summed E-state index contributed by atoms with van der Waals surface area (Å²) in [5, 5.41) is 5.32. The quantitative estimate of drug-likeness (QED) is 0.671. The average molecular weight is 324 g/mol. The molecular weight excluding hydrogens is 303 g/mol. The summed E-state index contributed by atoms with van der Waals surface area (Å²) in [5.74, 6) is 0.0944. The van der Waals surface area contributed by atoms with Gasteiger partial charge in [-0.3, -0.25) is 4.68 Å². The van der Waals surface area contributed by atoms with Crippen LogP contribution in [0.2, 0.25) is 0 Å². The van der Waals surface area contributed by atoms with E-state index in [1.54, 1.807) is 6.07 Å². The number of aryl methyl sites for hydroxylation is 1. The minimum Gasteiger partial charge on any atom is -0.487 e. The zero-order valence-corrected chi connectivity index (χ0v) is 13.8. The Kier molecular flexibility index (Phi) is 3.97. The lowest BCUT2D eigenvalue weighted by Gasteiger charge is -2.24. The molecule has 1 aromatic heterocycles. The first-order chi connectivity index (χ1) is 11.7. The van der Waals surface area contributed by atoms with E-state index in [-0.39, 0.29) is 11.9 Å². The number of para-hydroxylation sites is 1. The van der Waals surface area contributed by atoms with E-state index >= 15 is 0 Å². The van der Waals surface area contributed by atoms with Crippen molar-refractivity contribution in [1.82, 2.24) is 9.78 Å². The van der Waals surface area contributed by atoms with Gasteiger partial charge in [-0.2, -0.15) is 5.10 Å². The van der Waals surface area contributed by atoms with Crippen molar-refractivity contribution in [2.75, 3.05) is 0 Å². The van der Waals surface area contributed by atoms with Gasteiger partial charge >= 0.3 is 0 Å². The number of nitrogens with zero attached hydrogens (tertiary/aromatic N) is 2. The number of ether oxygens (including phenoxy) is 1. The van der Waals surface area contributed by atoms with Crippen LogP contribution in [-0.2, 0) is 7.05 Å². The Hall–Kier alpha value is -2.36. The van der Waals surface area contributed by atoms with E-state index < -0.39 is 0 Å². The maximum Gasteiger partial charge on any atom is 0.165 e. The van der Waals surface area contributed by atoms with Crippen LogP contribution in [-0.4, -0.2) is 15.9 Å². The van der Waals surface area contributed by atoms with Gasteiger partial charge in [0.05, 0.1) is 17.8 Å². The summed E-state index contributed by atoms with van der Waals surface area (Å²) in [6, 6.07) is 11.2. The summed E-state index contributed by atoms with van der Waals surface area (Å²) in [5.41, 5.74) is 2.83. The Morgan fingerprint density at radius 3 is 2.79 bits per heavy atom. The number of hydrogen-bond acceptors (Lipinski definition) is 2. The molecule has 0 amide bonds. The van der Waals surface area contributed by atoms with E-state index in [1.807, 2.05) is 42.2 Å². The molecule has 0 N–H and O–H groups in total. The number of rotatable bonds is 3. The largest absolute Gasteiger partial charge is 0.487 e. The summed E-state index contributed by atoms with van der Waals surface area (Å²) < 4.78 is 22.4. The molecule has 4 heteroatoms. The van der Waals surface area contributed by atoms with Crippen molar-refractivity contribution in [2.24, 2.45) is 7.05 Å². The summed E-state index contributed by atoms with van der Waals surface area (Å²) in [6.45, 7) is 0. The summed E-state index contributed by atoms with van der Waals surface area (Å²) in [7, 11) is 1.92. The highest BCUT2D eigenvalue weighted by Gasteiger charge is 2.20. The van der Waals surface area contributed by atoms with Crippen LogP contribution in [0.4, 0.5) is 4.39 Å². The SMILES string of the molecule is Cn1ncc2cc(-c3cccc(F)c3OC3CCCCC3)ccc21. The molecule has 2 aromatic carbocycles. The Bertz CT molecular complexity index is 865. The van der Waals surface area contributed by atoms with Crippen molar-refractivity contribution in [1.29, 1.82) is 0 Å². The molecule has 0 bridgehead atoms. The second-order valence-electron chi connectivity index (χ2n) is 6.54. The zero-order chi connectivity index (χ0) is 16.5.